The highest BCUT2D eigenvalue weighted by Gasteiger charge is 2.39. The third-order valence-electron chi connectivity index (χ3n) is 4.60. The van der Waals surface area contributed by atoms with Gasteiger partial charge in [0.1, 0.15) is 5.82 Å². The fourth-order valence-corrected chi connectivity index (χ4v) is 3.23. The number of ether oxygens (including phenoxy) is 2. The molecule has 0 bridgehead atoms. The first-order chi connectivity index (χ1) is 12.0. The maximum absolute atomic E-state index is 10.4. The van der Waals surface area contributed by atoms with Crippen LogP contribution in [0.15, 0.2) is 30.3 Å². The van der Waals surface area contributed by atoms with Crippen molar-refractivity contribution >= 4 is 11.0 Å². The van der Waals surface area contributed by atoms with Crippen LogP contribution in [0, 0.1) is 0 Å². The summed E-state index contributed by atoms with van der Waals surface area (Å²) >= 11 is 0. The molecule has 0 aliphatic carbocycles. The molecule has 1 saturated heterocycles. The Labute approximate surface area is 143 Å². The van der Waals surface area contributed by atoms with Gasteiger partial charge >= 0.3 is 0 Å². The maximum atomic E-state index is 10.4. The molecule has 2 heterocycles. The second-order valence-electron chi connectivity index (χ2n) is 6.42. The molecule has 1 aliphatic rings. The second kappa shape index (κ2) is 5.29. The summed E-state index contributed by atoms with van der Waals surface area (Å²) in [4.78, 5) is 4.64. The molecular weight excluding hydrogens is 324 g/mol. The second-order valence-corrected chi connectivity index (χ2v) is 6.42. The Kier molecular flexibility index (Phi) is 3.30. The van der Waals surface area contributed by atoms with Crippen molar-refractivity contribution in [3.05, 3.63) is 30.3 Å². The van der Waals surface area contributed by atoms with Crippen LogP contribution in [0.1, 0.15) is 6.92 Å². The summed E-state index contributed by atoms with van der Waals surface area (Å²) in [6.45, 7) is 3.08. The van der Waals surface area contributed by atoms with Crippen LogP contribution in [0.2, 0.25) is 0 Å². The van der Waals surface area contributed by atoms with Gasteiger partial charge in [0.05, 0.1) is 42.5 Å². The van der Waals surface area contributed by atoms with Crippen molar-refractivity contribution < 1.29 is 24.8 Å². The molecule has 0 radical (unpaired) electrons. The molecule has 0 amide bonds. The van der Waals surface area contributed by atoms with E-state index in [1.165, 1.54) is 13.2 Å². The van der Waals surface area contributed by atoms with Gasteiger partial charge in [-0.05, 0) is 25.1 Å². The van der Waals surface area contributed by atoms with Crippen molar-refractivity contribution in [3.63, 3.8) is 0 Å². The van der Waals surface area contributed by atoms with E-state index in [2.05, 4.69) is 4.98 Å². The van der Waals surface area contributed by atoms with E-state index in [4.69, 9.17) is 9.47 Å². The molecular formula is C18H18N2O5. The van der Waals surface area contributed by atoms with E-state index in [9.17, 15) is 15.3 Å². The predicted octanol–water partition coefficient (Wildman–Crippen LogP) is 2.57. The van der Waals surface area contributed by atoms with Crippen LogP contribution in [-0.2, 0) is 10.3 Å². The van der Waals surface area contributed by atoms with E-state index < -0.39 is 17.2 Å². The Morgan fingerprint density at radius 1 is 1.12 bits per heavy atom. The van der Waals surface area contributed by atoms with Crippen molar-refractivity contribution in [2.75, 3.05) is 20.3 Å². The van der Waals surface area contributed by atoms with Crippen molar-refractivity contribution in [1.29, 1.82) is 0 Å². The highest BCUT2D eigenvalue weighted by Crippen LogP contribution is 2.49. The van der Waals surface area contributed by atoms with E-state index in [-0.39, 0.29) is 16.9 Å². The van der Waals surface area contributed by atoms with Gasteiger partial charge < -0.3 is 29.4 Å². The van der Waals surface area contributed by atoms with Gasteiger partial charge in [0.25, 0.3) is 0 Å². The topological polar surface area (TPSA) is 97.0 Å². The van der Waals surface area contributed by atoms with Crippen molar-refractivity contribution in [3.8, 4) is 34.4 Å². The highest BCUT2D eigenvalue weighted by atomic mass is 16.5. The number of hydrogen-bond acceptors (Lipinski definition) is 6. The maximum Gasteiger partial charge on any atom is 0.205 e. The molecule has 7 nitrogen and oxygen atoms in total. The van der Waals surface area contributed by atoms with Gasteiger partial charge in [0, 0.05) is 0 Å². The number of nitrogens with zero attached hydrogens (tertiary/aromatic N) is 2. The third-order valence-corrected chi connectivity index (χ3v) is 4.60. The Bertz CT molecular complexity index is 975. The van der Waals surface area contributed by atoms with Crippen LogP contribution in [0.25, 0.3) is 22.4 Å². The quantitative estimate of drug-likeness (QED) is 0.633. The molecule has 3 N–H and O–H groups in total. The van der Waals surface area contributed by atoms with Gasteiger partial charge in [-0.25, -0.2) is 4.98 Å². The average Bonchev–Trinajstić information content (AvgIpc) is 2.97. The molecule has 3 aromatic rings. The summed E-state index contributed by atoms with van der Waals surface area (Å²) in [6, 6.07) is 9.10. The number of phenolic OH excluding ortho intramolecular Hbond substituents is 3. The van der Waals surface area contributed by atoms with Crippen LogP contribution in [-0.4, -0.2) is 45.2 Å². The lowest BCUT2D eigenvalue weighted by Gasteiger charge is -2.40. The lowest BCUT2D eigenvalue weighted by Crippen LogP contribution is -2.49. The summed E-state index contributed by atoms with van der Waals surface area (Å²) in [5.74, 6) is -1.07. The first-order valence-corrected chi connectivity index (χ1v) is 7.84. The number of methoxy groups -OCH3 is 1. The number of hydrogen-bond donors (Lipinski definition) is 3. The first kappa shape index (κ1) is 15.6. The molecule has 2 aromatic carbocycles. The first-order valence-electron chi connectivity index (χ1n) is 7.84. The molecule has 0 saturated carbocycles. The number of phenols is 3. The van der Waals surface area contributed by atoms with E-state index in [0.717, 1.165) is 11.0 Å². The molecule has 130 valence electrons. The van der Waals surface area contributed by atoms with Gasteiger partial charge in [0.15, 0.2) is 11.5 Å². The zero-order valence-electron chi connectivity index (χ0n) is 13.9. The van der Waals surface area contributed by atoms with Gasteiger partial charge in [-0.1, -0.05) is 12.1 Å². The monoisotopic (exact) mass is 342 g/mol. The zero-order valence-corrected chi connectivity index (χ0v) is 13.9. The lowest BCUT2D eigenvalue weighted by atomic mass is 9.98. The number of aromatic hydroxyl groups is 3. The number of rotatable bonds is 3. The minimum absolute atomic E-state index is 0.0546. The van der Waals surface area contributed by atoms with Gasteiger partial charge in [0.2, 0.25) is 11.5 Å². The molecule has 0 atom stereocenters. The normalized spacial score (nSPS) is 15.9. The predicted molar refractivity (Wildman–Crippen MR) is 91.2 cm³/mol. The van der Waals surface area contributed by atoms with E-state index in [1.54, 1.807) is 0 Å². The molecule has 0 unspecified atom stereocenters. The number of benzene rings is 2. The van der Waals surface area contributed by atoms with Crippen LogP contribution >= 0.6 is 0 Å². The largest absolute Gasteiger partial charge is 0.504 e. The van der Waals surface area contributed by atoms with E-state index >= 15 is 0 Å². The Balaban J connectivity index is 2.05. The van der Waals surface area contributed by atoms with Crippen molar-refractivity contribution in [1.82, 2.24) is 9.55 Å². The molecule has 7 heteroatoms. The molecule has 1 aromatic heterocycles. The van der Waals surface area contributed by atoms with Gasteiger partial charge in [-0.15, -0.1) is 0 Å². The summed E-state index contributed by atoms with van der Waals surface area (Å²) < 4.78 is 12.5. The van der Waals surface area contributed by atoms with E-state index in [0.29, 0.717) is 19.0 Å². The number of fused-ring (bicyclic) bond motifs is 1. The number of para-hydroxylation sites is 2. The molecule has 0 spiro atoms. The van der Waals surface area contributed by atoms with Crippen LogP contribution in [0.4, 0.5) is 0 Å². The fraction of sp³-hybridized carbons (Fsp3) is 0.278. The smallest absolute Gasteiger partial charge is 0.205 e. The average molecular weight is 342 g/mol. The van der Waals surface area contributed by atoms with Crippen LogP contribution in [0.5, 0.6) is 23.0 Å². The molecule has 25 heavy (non-hydrogen) atoms. The minimum Gasteiger partial charge on any atom is -0.504 e. The summed E-state index contributed by atoms with van der Waals surface area (Å²) in [5, 5.41) is 30.4. The standard InChI is InChI=1S/C18H18N2O5/c1-18(8-25-9-18)20-12-6-4-3-5-11(12)19-17(20)10-7-13(24-2)15(22)16(23)14(10)21/h3-7,21-23H,8-9H2,1-2H3. The summed E-state index contributed by atoms with van der Waals surface area (Å²) in [5.41, 5.74) is 1.61. The highest BCUT2D eigenvalue weighted by molar-refractivity contribution is 5.84. The molecule has 4 rings (SSSR count). The molecule has 1 fully saturated rings. The van der Waals surface area contributed by atoms with Crippen molar-refractivity contribution in [2.45, 2.75) is 12.5 Å². The van der Waals surface area contributed by atoms with Gasteiger partial charge in [-0.2, -0.15) is 0 Å². The third kappa shape index (κ3) is 2.12. The van der Waals surface area contributed by atoms with E-state index in [1.807, 2.05) is 35.8 Å². The number of aromatic nitrogens is 2. The van der Waals surface area contributed by atoms with Crippen LogP contribution < -0.4 is 4.74 Å². The Hall–Kier alpha value is -2.93. The Morgan fingerprint density at radius 2 is 1.84 bits per heavy atom. The fourth-order valence-electron chi connectivity index (χ4n) is 3.23. The SMILES string of the molecule is COc1cc(-c2nc3ccccc3n2C2(C)COC2)c(O)c(O)c1O. The minimum atomic E-state index is -0.636. The summed E-state index contributed by atoms with van der Waals surface area (Å²) in [7, 11) is 1.37. The van der Waals surface area contributed by atoms with Crippen molar-refractivity contribution in [2.24, 2.45) is 0 Å². The van der Waals surface area contributed by atoms with Crippen LogP contribution in [0.3, 0.4) is 0 Å². The Morgan fingerprint density at radius 3 is 2.48 bits per heavy atom. The molecule has 1 aliphatic heterocycles. The summed E-state index contributed by atoms with van der Waals surface area (Å²) in [6.07, 6.45) is 0. The lowest BCUT2D eigenvalue weighted by molar-refractivity contribution is -0.0868. The van der Waals surface area contributed by atoms with Gasteiger partial charge in [-0.3, -0.25) is 0 Å². The number of imidazole rings is 1. The zero-order chi connectivity index (χ0) is 17.8.